The summed E-state index contributed by atoms with van der Waals surface area (Å²) in [5.41, 5.74) is 4.19. The Hall–Kier alpha value is -4.85. The molecule has 0 radical (unpaired) electrons. The van der Waals surface area contributed by atoms with Crippen LogP contribution in [-0.4, -0.2) is 26.8 Å². The minimum absolute atomic E-state index is 0.160. The van der Waals surface area contributed by atoms with Crippen LogP contribution in [0.1, 0.15) is 22.7 Å². The van der Waals surface area contributed by atoms with Gasteiger partial charge in [0.2, 0.25) is 11.8 Å². The van der Waals surface area contributed by atoms with E-state index in [2.05, 4.69) is 15.6 Å². The quantitative estimate of drug-likeness (QED) is 0.322. The summed E-state index contributed by atoms with van der Waals surface area (Å²) in [6.45, 7) is 2.03. The first-order chi connectivity index (χ1) is 18.5. The van der Waals surface area contributed by atoms with E-state index in [1.54, 1.807) is 0 Å². The van der Waals surface area contributed by atoms with Crippen molar-refractivity contribution in [3.63, 3.8) is 0 Å². The van der Waals surface area contributed by atoms with Crippen LogP contribution >= 0.6 is 0 Å². The number of fused-ring (bicyclic) bond motifs is 1. The van der Waals surface area contributed by atoms with Crippen molar-refractivity contribution in [2.45, 2.75) is 26.1 Å². The second-order valence-electron chi connectivity index (χ2n) is 8.94. The van der Waals surface area contributed by atoms with Gasteiger partial charge in [-0.3, -0.25) is 14.5 Å². The second-order valence-corrected chi connectivity index (χ2v) is 8.94. The Kier molecular flexibility index (Phi) is 7.21. The van der Waals surface area contributed by atoms with Gasteiger partial charge in [-0.25, -0.2) is 9.07 Å². The fraction of sp³-hybridized carbons (Fsp3) is 0.133. The maximum Gasteiger partial charge on any atom is 0.249 e. The summed E-state index contributed by atoms with van der Waals surface area (Å²) in [5.74, 6) is -1.19. The Morgan fingerprint density at radius 3 is 2.34 bits per heavy atom. The summed E-state index contributed by atoms with van der Waals surface area (Å²) in [6.07, 6.45) is 0. The van der Waals surface area contributed by atoms with Crippen molar-refractivity contribution in [2.24, 2.45) is 0 Å². The van der Waals surface area contributed by atoms with Crippen molar-refractivity contribution in [1.82, 2.24) is 20.3 Å². The van der Waals surface area contributed by atoms with E-state index in [0.717, 1.165) is 11.1 Å². The number of anilines is 1. The molecule has 0 aliphatic carbocycles. The zero-order valence-electron chi connectivity index (χ0n) is 20.8. The highest BCUT2D eigenvalue weighted by molar-refractivity contribution is 6.01. The standard InChI is InChI=1S/C30H26FN5O2/c1-21-9-5-6-12-25(21)29(30(38)32-19-22-10-3-2-4-11-22)36(24-17-15-23(31)16-18-24)28(37)20-35-27-14-8-7-13-26(27)33-34-35/h2-18,29H,19-20H2,1H3,(H,32,38)/t29-/m0/s1. The molecule has 0 spiro atoms. The van der Waals surface area contributed by atoms with E-state index in [0.29, 0.717) is 28.8 Å². The number of aromatic nitrogens is 3. The lowest BCUT2D eigenvalue weighted by atomic mass is 9.98. The topological polar surface area (TPSA) is 80.1 Å². The molecule has 7 nitrogen and oxygen atoms in total. The van der Waals surface area contributed by atoms with Crippen LogP contribution in [-0.2, 0) is 22.7 Å². The van der Waals surface area contributed by atoms with Gasteiger partial charge < -0.3 is 5.32 Å². The molecule has 0 fully saturated rings. The lowest BCUT2D eigenvalue weighted by molar-refractivity contribution is -0.127. The van der Waals surface area contributed by atoms with Crippen LogP contribution in [0.4, 0.5) is 10.1 Å². The van der Waals surface area contributed by atoms with E-state index in [9.17, 15) is 14.0 Å². The molecule has 0 unspecified atom stereocenters. The van der Waals surface area contributed by atoms with Gasteiger partial charge in [0.1, 0.15) is 23.9 Å². The highest BCUT2D eigenvalue weighted by Gasteiger charge is 2.34. The third-order valence-corrected chi connectivity index (χ3v) is 6.38. The number of halogens is 1. The van der Waals surface area contributed by atoms with Crippen LogP contribution in [0.3, 0.4) is 0 Å². The summed E-state index contributed by atoms with van der Waals surface area (Å²) in [4.78, 5) is 29.3. The highest BCUT2D eigenvalue weighted by Crippen LogP contribution is 2.31. The first kappa shape index (κ1) is 24.8. The van der Waals surface area contributed by atoms with Crippen LogP contribution < -0.4 is 10.2 Å². The van der Waals surface area contributed by atoms with Crippen LogP contribution in [0.5, 0.6) is 0 Å². The summed E-state index contributed by atoms with van der Waals surface area (Å²) >= 11 is 0. The average Bonchev–Trinajstić information content (AvgIpc) is 3.35. The van der Waals surface area contributed by atoms with Gasteiger partial charge in [-0.05, 0) is 60.0 Å². The molecular weight excluding hydrogens is 481 g/mol. The van der Waals surface area contributed by atoms with Crippen LogP contribution in [0, 0.1) is 12.7 Å². The number of para-hydroxylation sites is 1. The number of nitrogens with one attached hydrogen (secondary N) is 1. The number of carbonyl (C=O) groups is 2. The molecule has 1 N–H and O–H groups in total. The number of carbonyl (C=O) groups excluding carboxylic acids is 2. The molecule has 1 aromatic heterocycles. The van der Waals surface area contributed by atoms with E-state index in [4.69, 9.17) is 0 Å². The molecule has 0 aliphatic heterocycles. The molecule has 1 atom stereocenters. The zero-order chi connectivity index (χ0) is 26.5. The van der Waals surface area contributed by atoms with Gasteiger partial charge in [-0.15, -0.1) is 5.10 Å². The van der Waals surface area contributed by atoms with E-state index in [1.165, 1.54) is 33.8 Å². The van der Waals surface area contributed by atoms with E-state index in [1.807, 2.05) is 85.8 Å². The van der Waals surface area contributed by atoms with Gasteiger partial charge in [-0.2, -0.15) is 0 Å². The Balaban J connectivity index is 1.56. The Bertz CT molecular complexity index is 1570. The molecule has 0 bridgehead atoms. The Labute approximate surface area is 219 Å². The summed E-state index contributed by atoms with van der Waals surface area (Å²) < 4.78 is 15.4. The fourth-order valence-electron chi connectivity index (χ4n) is 4.45. The van der Waals surface area contributed by atoms with Gasteiger partial charge in [0.05, 0.1) is 5.52 Å². The highest BCUT2D eigenvalue weighted by atomic mass is 19.1. The molecule has 4 aromatic carbocycles. The number of hydrogen-bond acceptors (Lipinski definition) is 4. The van der Waals surface area contributed by atoms with E-state index in [-0.39, 0.29) is 12.5 Å². The number of amides is 2. The van der Waals surface area contributed by atoms with E-state index >= 15 is 0 Å². The largest absolute Gasteiger partial charge is 0.350 e. The molecule has 38 heavy (non-hydrogen) atoms. The minimum atomic E-state index is -1.01. The van der Waals surface area contributed by atoms with Crippen LogP contribution in [0.15, 0.2) is 103 Å². The first-order valence-electron chi connectivity index (χ1n) is 12.2. The number of aryl methyl sites for hydroxylation is 1. The van der Waals surface area contributed by atoms with Crippen molar-refractivity contribution >= 4 is 28.5 Å². The summed E-state index contributed by atoms with van der Waals surface area (Å²) in [6, 6.07) is 28.9. The third kappa shape index (κ3) is 5.29. The smallest absolute Gasteiger partial charge is 0.249 e. The van der Waals surface area contributed by atoms with Crippen LogP contribution in [0.2, 0.25) is 0 Å². The number of benzene rings is 4. The van der Waals surface area contributed by atoms with E-state index < -0.39 is 17.8 Å². The Morgan fingerprint density at radius 1 is 0.895 bits per heavy atom. The number of hydrogen-bond donors (Lipinski definition) is 1. The minimum Gasteiger partial charge on any atom is -0.350 e. The number of rotatable bonds is 8. The average molecular weight is 508 g/mol. The van der Waals surface area contributed by atoms with Gasteiger partial charge in [-0.1, -0.05) is 71.9 Å². The van der Waals surface area contributed by atoms with Gasteiger partial charge in [0.15, 0.2) is 0 Å². The molecule has 5 aromatic rings. The molecule has 5 rings (SSSR count). The van der Waals surface area contributed by atoms with Crippen molar-refractivity contribution in [2.75, 3.05) is 4.90 Å². The van der Waals surface area contributed by atoms with Crippen molar-refractivity contribution < 1.29 is 14.0 Å². The fourth-order valence-corrected chi connectivity index (χ4v) is 4.45. The molecule has 2 amide bonds. The molecule has 0 aliphatic rings. The molecular formula is C30H26FN5O2. The van der Waals surface area contributed by atoms with Crippen molar-refractivity contribution in [3.05, 3.63) is 126 Å². The molecule has 1 heterocycles. The summed E-state index contributed by atoms with van der Waals surface area (Å²) in [7, 11) is 0. The second kappa shape index (κ2) is 11.0. The molecule has 0 saturated carbocycles. The lowest BCUT2D eigenvalue weighted by Crippen LogP contribution is -2.45. The maximum atomic E-state index is 14.0. The maximum absolute atomic E-state index is 14.0. The third-order valence-electron chi connectivity index (χ3n) is 6.38. The number of nitrogens with zero attached hydrogens (tertiary/aromatic N) is 4. The predicted octanol–water partition coefficient (Wildman–Crippen LogP) is 4.97. The SMILES string of the molecule is Cc1ccccc1[C@@H](C(=O)NCc1ccccc1)N(C(=O)Cn1nnc2ccccc21)c1ccc(F)cc1. The monoisotopic (exact) mass is 507 g/mol. The normalized spacial score (nSPS) is 11.7. The van der Waals surface area contributed by atoms with Gasteiger partial charge >= 0.3 is 0 Å². The van der Waals surface area contributed by atoms with Gasteiger partial charge in [0, 0.05) is 12.2 Å². The van der Waals surface area contributed by atoms with Crippen molar-refractivity contribution in [3.8, 4) is 0 Å². The van der Waals surface area contributed by atoms with Crippen molar-refractivity contribution in [1.29, 1.82) is 0 Å². The predicted molar refractivity (Wildman–Crippen MR) is 144 cm³/mol. The van der Waals surface area contributed by atoms with Gasteiger partial charge in [0.25, 0.3) is 0 Å². The molecule has 8 heteroatoms. The molecule has 0 saturated heterocycles. The lowest BCUT2D eigenvalue weighted by Gasteiger charge is -2.32. The van der Waals surface area contributed by atoms with Crippen LogP contribution in [0.25, 0.3) is 11.0 Å². The zero-order valence-corrected chi connectivity index (χ0v) is 20.8. The summed E-state index contributed by atoms with van der Waals surface area (Å²) in [5, 5.41) is 11.3. The first-order valence-corrected chi connectivity index (χ1v) is 12.2. The molecule has 190 valence electrons. The Morgan fingerprint density at radius 2 is 1.58 bits per heavy atom.